The molecule has 1 aliphatic carbocycles. The molecule has 0 aromatic carbocycles. The van der Waals surface area contributed by atoms with Gasteiger partial charge >= 0.3 is 11.7 Å². The normalized spacial score (nSPS) is 15.8. The minimum atomic E-state index is -0.977. The summed E-state index contributed by atoms with van der Waals surface area (Å²) in [5.74, 6) is -0.977. The van der Waals surface area contributed by atoms with E-state index in [9.17, 15) is 9.59 Å². The molecule has 0 bridgehead atoms. The Kier molecular flexibility index (Phi) is 2.96. The average Bonchev–Trinajstić information content (AvgIpc) is 2.06. The van der Waals surface area contributed by atoms with E-state index in [1.165, 1.54) is 10.6 Å². The monoisotopic (exact) mass is 242 g/mol. The van der Waals surface area contributed by atoms with Crippen LogP contribution in [0.5, 0.6) is 0 Å². The van der Waals surface area contributed by atoms with Crippen molar-refractivity contribution in [3.05, 3.63) is 27.4 Å². The molecule has 1 N–H and O–H groups in total. The number of carboxylic acid groups (broad SMARTS) is 1. The van der Waals surface area contributed by atoms with Crippen molar-refractivity contribution < 1.29 is 9.90 Å². The van der Waals surface area contributed by atoms with Crippen LogP contribution in [0, 0.1) is 0 Å². The van der Waals surface area contributed by atoms with Gasteiger partial charge in [-0.15, -0.1) is 0 Å². The SMILES string of the molecule is O=C(O)Cc1cc(Cl)nc(=O)n1C1CCC1. The van der Waals surface area contributed by atoms with Gasteiger partial charge in [-0.1, -0.05) is 11.6 Å². The lowest BCUT2D eigenvalue weighted by molar-refractivity contribution is -0.136. The van der Waals surface area contributed by atoms with E-state index in [2.05, 4.69) is 4.98 Å². The lowest BCUT2D eigenvalue weighted by Crippen LogP contribution is -2.33. The van der Waals surface area contributed by atoms with Gasteiger partial charge in [0.05, 0.1) is 6.42 Å². The Morgan fingerprint density at radius 2 is 2.31 bits per heavy atom. The van der Waals surface area contributed by atoms with Gasteiger partial charge in [0.15, 0.2) is 0 Å². The lowest BCUT2D eigenvalue weighted by atomic mass is 9.92. The van der Waals surface area contributed by atoms with Crippen molar-refractivity contribution in [3.8, 4) is 0 Å². The predicted molar refractivity (Wildman–Crippen MR) is 57.7 cm³/mol. The Hall–Kier alpha value is -1.36. The molecule has 0 unspecified atom stereocenters. The van der Waals surface area contributed by atoms with Crippen LogP contribution in [0.15, 0.2) is 10.9 Å². The van der Waals surface area contributed by atoms with E-state index in [1.807, 2.05) is 0 Å². The Morgan fingerprint density at radius 1 is 1.62 bits per heavy atom. The van der Waals surface area contributed by atoms with Gasteiger partial charge < -0.3 is 5.11 Å². The van der Waals surface area contributed by atoms with Crippen LogP contribution >= 0.6 is 11.6 Å². The summed E-state index contributed by atoms with van der Waals surface area (Å²) in [7, 11) is 0. The molecule has 0 aliphatic heterocycles. The molecule has 1 aromatic rings. The second kappa shape index (κ2) is 4.25. The van der Waals surface area contributed by atoms with Crippen LogP contribution in [0.2, 0.25) is 5.15 Å². The molecular weight excluding hydrogens is 232 g/mol. The van der Waals surface area contributed by atoms with Gasteiger partial charge in [-0.05, 0) is 25.3 Å². The van der Waals surface area contributed by atoms with Crippen LogP contribution < -0.4 is 5.69 Å². The van der Waals surface area contributed by atoms with Crippen molar-refractivity contribution in [1.82, 2.24) is 9.55 Å². The molecule has 1 saturated carbocycles. The van der Waals surface area contributed by atoms with Gasteiger partial charge in [0.2, 0.25) is 0 Å². The fraction of sp³-hybridized carbons (Fsp3) is 0.500. The molecule has 0 atom stereocenters. The Morgan fingerprint density at radius 3 is 2.81 bits per heavy atom. The number of hydrogen-bond acceptors (Lipinski definition) is 3. The van der Waals surface area contributed by atoms with E-state index in [0.717, 1.165) is 19.3 Å². The third-order valence-electron chi connectivity index (χ3n) is 2.78. The molecule has 1 aliphatic rings. The highest BCUT2D eigenvalue weighted by molar-refractivity contribution is 6.29. The van der Waals surface area contributed by atoms with Crippen molar-refractivity contribution in [3.63, 3.8) is 0 Å². The van der Waals surface area contributed by atoms with Crippen molar-refractivity contribution in [1.29, 1.82) is 0 Å². The summed E-state index contributed by atoms with van der Waals surface area (Å²) in [6.45, 7) is 0. The van der Waals surface area contributed by atoms with E-state index in [4.69, 9.17) is 16.7 Å². The van der Waals surface area contributed by atoms with Crippen LogP contribution in [0.25, 0.3) is 0 Å². The van der Waals surface area contributed by atoms with Crippen LogP contribution in [-0.2, 0) is 11.2 Å². The first-order valence-electron chi connectivity index (χ1n) is 5.07. The second-order valence-corrected chi connectivity index (χ2v) is 4.27. The van der Waals surface area contributed by atoms with E-state index < -0.39 is 11.7 Å². The quantitative estimate of drug-likeness (QED) is 0.810. The number of aliphatic carboxylic acids is 1. The van der Waals surface area contributed by atoms with E-state index in [0.29, 0.717) is 5.69 Å². The molecule has 1 aromatic heterocycles. The zero-order valence-electron chi connectivity index (χ0n) is 8.52. The number of carbonyl (C=O) groups is 1. The number of aromatic nitrogens is 2. The highest BCUT2D eigenvalue weighted by Gasteiger charge is 2.24. The van der Waals surface area contributed by atoms with Crippen molar-refractivity contribution in [2.24, 2.45) is 0 Å². The molecule has 0 saturated heterocycles. The standard InChI is InChI=1S/C10H11ClN2O3/c11-8-4-7(5-9(14)15)13(10(16)12-8)6-2-1-3-6/h4,6H,1-3,5H2,(H,14,15). The van der Waals surface area contributed by atoms with Crippen LogP contribution in [0.3, 0.4) is 0 Å². The summed E-state index contributed by atoms with van der Waals surface area (Å²) in [5.41, 5.74) is -0.0179. The molecule has 0 radical (unpaired) electrons. The van der Waals surface area contributed by atoms with Gasteiger partial charge in [0, 0.05) is 11.7 Å². The number of hydrogen-bond donors (Lipinski definition) is 1. The van der Waals surface area contributed by atoms with Gasteiger partial charge in [-0.25, -0.2) is 4.79 Å². The molecule has 2 rings (SSSR count). The fourth-order valence-electron chi connectivity index (χ4n) is 1.83. The summed E-state index contributed by atoms with van der Waals surface area (Å²) >= 11 is 5.65. The maximum absolute atomic E-state index is 11.7. The molecule has 86 valence electrons. The summed E-state index contributed by atoms with van der Waals surface area (Å²) in [6.07, 6.45) is 2.66. The molecule has 1 fully saturated rings. The Bertz CT molecular complexity index is 479. The zero-order valence-corrected chi connectivity index (χ0v) is 9.28. The summed E-state index contributed by atoms with van der Waals surface area (Å²) in [5, 5.41) is 8.82. The third kappa shape index (κ3) is 2.09. The Balaban J connectivity index is 2.46. The number of nitrogens with zero attached hydrogens (tertiary/aromatic N) is 2. The summed E-state index contributed by atoms with van der Waals surface area (Å²) in [4.78, 5) is 26.0. The van der Waals surface area contributed by atoms with Gasteiger partial charge in [-0.3, -0.25) is 9.36 Å². The van der Waals surface area contributed by atoms with Gasteiger partial charge in [0.25, 0.3) is 0 Å². The van der Waals surface area contributed by atoms with Crippen molar-refractivity contribution in [2.75, 3.05) is 0 Å². The van der Waals surface area contributed by atoms with Crippen molar-refractivity contribution >= 4 is 17.6 Å². The van der Waals surface area contributed by atoms with E-state index in [-0.39, 0.29) is 17.6 Å². The molecule has 0 spiro atoms. The van der Waals surface area contributed by atoms with Gasteiger partial charge in [-0.2, -0.15) is 4.98 Å². The minimum absolute atomic E-state index is 0.0526. The molecule has 1 heterocycles. The molecule has 16 heavy (non-hydrogen) atoms. The highest BCUT2D eigenvalue weighted by atomic mass is 35.5. The van der Waals surface area contributed by atoms with Crippen LogP contribution in [-0.4, -0.2) is 20.6 Å². The molecule has 0 amide bonds. The highest BCUT2D eigenvalue weighted by Crippen LogP contribution is 2.31. The number of carboxylic acids is 1. The van der Waals surface area contributed by atoms with E-state index >= 15 is 0 Å². The summed E-state index contributed by atoms with van der Waals surface area (Å²) < 4.78 is 1.46. The maximum Gasteiger partial charge on any atom is 0.349 e. The molecule has 6 heteroatoms. The molecule has 5 nitrogen and oxygen atoms in total. The molecular formula is C10H11ClN2O3. The topological polar surface area (TPSA) is 72.2 Å². The van der Waals surface area contributed by atoms with Crippen LogP contribution in [0.4, 0.5) is 0 Å². The zero-order chi connectivity index (χ0) is 11.7. The first kappa shape index (κ1) is 11.1. The second-order valence-electron chi connectivity index (χ2n) is 3.88. The van der Waals surface area contributed by atoms with Crippen LogP contribution in [0.1, 0.15) is 31.0 Å². The largest absolute Gasteiger partial charge is 0.481 e. The Labute approximate surface area is 96.7 Å². The summed E-state index contributed by atoms with van der Waals surface area (Å²) in [6, 6.07) is 1.54. The predicted octanol–water partition coefficient (Wildman–Crippen LogP) is 1.25. The van der Waals surface area contributed by atoms with Gasteiger partial charge in [0.1, 0.15) is 5.15 Å². The average molecular weight is 243 g/mol. The first-order valence-corrected chi connectivity index (χ1v) is 5.45. The smallest absolute Gasteiger partial charge is 0.349 e. The third-order valence-corrected chi connectivity index (χ3v) is 2.97. The van der Waals surface area contributed by atoms with E-state index in [1.54, 1.807) is 0 Å². The fourth-order valence-corrected chi connectivity index (χ4v) is 2.03. The minimum Gasteiger partial charge on any atom is -0.481 e. The maximum atomic E-state index is 11.7. The first-order chi connectivity index (χ1) is 7.58. The lowest BCUT2D eigenvalue weighted by Gasteiger charge is -2.29. The van der Waals surface area contributed by atoms with Crippen molar-refractivity contribution in [2.45, 2.75) is 31.7 Å². The number of halogens is 1. The number of rotatable bonds is 3.